The van der Waals surface area contributed by atoms with Gasteiger partial charge < -0.3 is 10.0 Å². The van der Waals surface area contributed by atoms with Crippen molar-refractivity contribution in [2.75, 3.05) is 25.1 Å². The largest absolute Gasteiger partial charge is 0.395 e. The molecule has 0 fully saturated rings. The van der Waals surface area contributed by atoms with Gasteiger partial charge in [-0.15, -0.1) is 0 Å². The van der Waals surface area contributed by atoms with E-state index in [4.69, 9.17) is 5.11 Å². The van der Waals surface area contributed by atoms with Crippen LogP contribution in [0.5, 0.6) is 0 Å². The van der Waals surface area contributed by atoms with Crippen molar-refractivity contribution in [3.63, 3.8) is 0 Å². The van der Waals surface area contributed by atoms with Gasteiger partial charge in [-0.1, -0.05) is 0 Å². The van der Waals surface area contributed by atoms with Crippen molar-refractivity contribution < 1.29 is 10.0 Å². The topological polar surface area (TPSA) is 84.4 Å². The van der Waals surface area contributed by atoms with E-state index in [-0.39, 0.29) is 12.3 Å². The Morgan fingerprint density at radius 1 is 1.67 bits per heavy atom. The van der Waals surface area contributed by atoms with Gasteiger partial charge in [0, 0.05) is 20.6 Å². The molecule has 0 spiro atoms. The summed E-state index contributed by atoms with van der Waals surface area (Å²) in [6.07, 6.45) is 0. The molecule has 0 saturated carbocycles. The first kappa shape index (κ1) is 11.4. The number of hydrogen-bond acceptors (Lipinski definition) is 5. The van der Waals surface area contributed by atoms with Crippen LogP contribution in [-0.4, -0.2) is 40.0 Å². The van der Waals surface area contributed by atoms with Crippen molar-refractivity contribution in [2.45, 2.75) is 6.92 Å². The lowest BCUT2D eigenvalue weighted by molar-refractivity contribution is -0.384. The fraction of sp³-hybridized carbons (Fsp3) is 0.625. The average molecular weight is 214 g/mol. The van der Waals surface area contributed by atoms with Crippen LogP contribution >= 0.6 is 0 Å². The van der Waals surface area contributed by atoms with Crippen molar-refractivity contribution >= 4 is 11.5 Å². The molecule has 0 saturated heterocycles. The zero-order chi connectivity index (χ0) is 11.6. The molecule has 1 heterocycles. The van der Waals surface area contributed by atoms with Crippen molar-refractivity contribution in [3.8, 4) is 0 Å². The molecule has 0 amide bonds. The summed E-state index contributed by atoms with van der Waals surface area (Å²) in [7, 11) is 3.32. The summed E-state index contributed by atoms with van der Waals surface area (Å²) >= 11 is 0. The van der Waals surface area contributed by atoms with Crippen LogP contribution in [0.2, 0.25) is 0 Å². The Hall–Kier alpha value is -1.63. The Morgan fingerprint density at radius 3 is 2.73 bits per heavy atom. The number of nitro groups is 1. The van der Waals surface area contributed by atoms with Gasteiger partial charge in [0.1, 0.15) is 5.69 Å². The third kappa shape index (κ3) is 2.07. The second-order valence-corrected chi connectivity index (χ2v) is 3.28. The molecule has 84 valence electrons. The molecule has 0 aromatic carbocycles. The molecule has 7 nitrogen and oxygen atoms in total. The zero-order valence-electron chi connectivity index (χ0n) is 8.97. The molecule has 1 N–H and O–H groups in total. The first-order valence-corrected chi connectivity index (χ1v) is 4.49. The lowest BCUT2D eigenvalue weighted by atomic mass is 10.3. The number of anilines is 1. The predicted molar refractivity (Wildman–Crippen MR) is 55.0 cm³/mol. The third-order valence-electron chi connectivity index (χ3n) is 2.14. The maximum atomic E-state index is 10.8. The van der Waals surface area contributed by atoms with Gasteiger partial charge >= 0.3 is 5.69 Å². The van der Waals surface area contributed by atoms with Gasteiger partial charge in [0.05, 0.1) is 11.5 Å². The first-order chi connectivity index (χ1) is 6.99. The summed E-state index contributed by atoms with van der Waals surface area (Å²) in [5.74, 6) is 0.409. The van der Waals surface area contributed by atoms with Gasteiger partial charge in [-0.2, -0.15) is 5.10 Å². The first-order valence-electron chi connectivity index (χ1n) is 4.49. The Kier molecular flexibility index (Phi) is 3.25. The highest BCUT2D eigenvalue weighted by Gasteiger charge is 2.26. The number of aliphatic hydroxyl groups is 1. The summed E-state index contributed by atoms with van der Waals surface area (Å²) in [5, 5.41) is 23.6. The van der Waals surface area contributed by atoms with Crippen molar-refractivity contribution in [3.05, 3.63) is 15.8 Å². The Balaban J connectivity index is 3.20. The summed E-state index contributed by atoms with van der Waals surface area (Å²) in [6, 6.07) is 0. The molecule has 1 aromatic heterocycles. The number of aromatic nitrogens is 2. The van der Waals surface area contributed by atoms with Crippen molar-refractivity contribution in [1.29, 1.82) is 0 Å². The highest BCUT2D eigenvalue weighted by Crippen LogP contribution is 2.29. The summed E-state index contributed by atoms with van der Waals surface area (Å²) in [4.78, 5) is 12.0. The summed E-state index contributed by atoms with van der Waals surface area (Å²) < 4.78 is 1.45. The minimum Gasteiger partial charge on any atom is -0.395 e. The van der Waals surface area contributed by atoms with Crippen LogP contribution in [0.3, 0.4) is 0 Å². The van der Waals surface area contributed by atoms with Crippen LogP contribution in [0.4, 0.5) is 11.5 Å². The second-order valence-electron chi connectivity index (χ2n) is 3.28. The van der Waals surface area contributed by atoms with Crippen LogP contribution < -0.4 is 4.90 Å². The van der Waals surface area contributed by atoms with E-state index >= 15 is 0 Å². The second kappa shape index (κ2) is 4.26. The molecular formula is C8H14N4O3. The van der Waals surface area contributed by atoms with Gasteiger partial charge in [-0.05, 0) is 6.92 Å². The van der Waals surface area contributed by atoms with E-state index in [0.29, 0.717) is 18.1 Å². The highest BCUT2D eigenvalue weighted by atomic mass is 16.6. The molecule has 0 bridgehead atoms. The molecule has 15 heavy (non-hydrogen) atoms. The molecular weight excluding hydrogens is 200 g/mol. The van der Waals surface area contributed by atoms with Crippen LogP contribution in [0.15, 0.2) is 0 Å². The van der Waals surface area contributed by atoms with Crippen molar-refractivity contribution in [2.24, 2.45) is 7.05 Å². The average Bonchev–Trinajstić information content (AvgIpc) is 2.41. The quantitative estimate of drug-likeness (QED) is 0.566. The fourth-order valence-electron chi connectivity index (χ4n) is 1.53. The van der Waals surface area contributed by atoms with Gasteiger partial charge in [0.15, 0.2) is 0 Å². The highest BCUT2D eigenvalue weighted by molar-refractivity contribution is 5.60. The van der Waals surface area contributed by atoms with Gasteiger partial charge in [0.2, 0.25) is 5.82 Å². The van der Waals surface area contributed by atoms with Gasteiger partial charge in [0.25, 0.3) is 0 Å². The number of rotatable bonds is 4. The number of aliphatic hydroxyl groups excluding tert-OH is 1. The van der Waals surface area contributed by atoms with E-state index < -0.39 is 4.92 Å². The minimum absolute atomic E-state index is 0.00606. The molecule has 1 rings (SSSR count). The molecule has 0 aliphatic heterocycles. The van der Waals surface area contributed by atoms with E-state index in [1.165, 1.54) is 4.68 Å². The van der Waals surface area contributed by atoms with Gasteiger partial charge in [-0.3, -0.25) is 10.1 Å². The van der Waals surface area contributed by atoms with E-state index in [1.807, 2.05) is 0 Å². The lowest BCUT2D eigenvalue weighted by Gasteiger charge is -2.16. The van der Waals surface area contributed by atoms with Crippen molar-refractivity contribution in [1.82, 2.24) is 9.78 Å². The number of likely N-dealkylation sites (N-methyl/N-ethyl adjacent to an activating group) is 1. The van der Waals surface area contributed by atoms with Crippen LogP contribution in [0.25, 0.3) is 0 Å². The molecule has 1 aromatic rings. The normalized spacial score (nSPS) is 10.4. The molecule has 0 radical (unpaired) electrons. The monoisotopic (exact) mass is 214 g/mol. The Bertz CT molecular complexity index is 374. The van der Waals surface area contributed by atoms with Crippen LogP contribution in [-0.2, 0) is 7.05 Å². The number of hydrogen-bond donors (Lipinski definition) is 1. The Morgan fingerprint density at radius 2 is 2.27 bits per heavy atom. The minimum atomic E-state index is -0.453. The standard InChI is InChI=1S/C8H14N4O3/c1-6-7(12(14)15)8(11(3)9-6)10(2)4-5-13/h13H,4-5H2,1-3H3. The molecule has 0 atom stereocenters. The fourth-order valence-corrected chi connectivity index (χ4v) is 1.53. The molecule has 0 unspecified atom stereocenters. The number of aryl methyl sites for hydroxylation is 2. The summed E-state index contributed by atoms with van der Waals surface area (Å²) in [5.41, 5.74) is 0.371. The zero-order valence-corrected chi connectivity index (χ0v) is 8.97. The smallest absolute Gasteiger partial charge is 0.333 e. The molecule has 0 aliphatic rings. The predicted octanol–water partition coefficient (Wildman–Crippen LogP) is 0.0652. The molecule has 0 aliphatic carbocycles. The van der Waals surface area contributed by atoms with E-state index in [2.05, 4.69) is 5.10 Å². The summed E-state index contributed by atoms with van der Waals surface area (Å²) in [6.45, 7) is 1.87. The van der Waals surface area contributed by atoms with E-state index in [0.717, 1.165) is 0 Å². The Labute approximate surface area is 87.1 Å². The number of nitrogens with zero attached hydrogens (tertiary/aromatic N) is 4. The maximum Gasteiger partial charge on any atom is 0.333 e. The van der Waals surface area contributed by atoms with Crippen LogP contribution in [0, 0.1) is 17.0 Å². The van der Waals surface area contributed by atoms with E-state index in [1.54, 1.807) is 25.9 Å². The third-order valence-corrected chi connectivity index (χ3v) is 2.14. The maximum absolute atomic E-state index is 10.8. The SMILES string of the molecule is Cc1nn(C)c(N(C)CCO)c1[N+](=O)[O-]. The van der Waals surface area contributed by atoms with E-state index in [9.17, 15) is 10.1 Å². The van der Waals surface area contributed by atoms with Gasteiger partial charge in [-0.25, -0.2) is 4.68 Å². The lowest BCUT2D eigenvalue weighted by Crippen LogP contribution is -2.24. The molecule has 7 heteroatoms. The van der Waals surface area contributed by atoms with Crippen LogP contribution in [0.1, 0.15) is 5.69 Å².